The smallest absolute Gasteiger partial charge is 0.160 e. The Hall–Kier alpha value is -1.36. The van der Waals surface area contributed by atoms with Crippen molar-refractivity contribution in [1.29, 1.82) is 0 Å². The van der Waals surface area contributed by atoms with Crippen molar-refractivity contribution in [2.75, 3.05) is 20.2 Å². The third kappa shape index (κ3) is 2.24. The molecule has 2 aliphatic heterocycles. The lowest BCUT2D eigenvalue weighted by atomic mass is 9.93. The van der Waals surface area contributed by atoms with Gasteiger partial charge in [0.05, 0.1) is 19.7 Å². The zero-order valence-corrected chi connectivity index (χ0v) is 12.9. The summed E-state index contributed by atoms with van der Waals surface area (Å²) in [4.78, 5) is 7.02. The van der Waals surface area contributed by atoms with E-state index in [0.717, 1.165) is 24.7 Å². The molecule has 1 aromatic carbocycles. The summed E-state index contributed by atoms with van der Waals surface area (Å²) in [6.45, 7) is 6.28. The molecule has 1 N–H and O–H groups in total. The molecular formula is C15H20N2O2S. The van der Waals surface area contributed by atoms with E-state index >= 15 is 0 Å². The van der Waals surface area contributed by atoms with E-state index in [1.165, 1.54) is 11.1 Å². The molecule has 20 heavy (non-hydrogen) atoms. The van der Waals surface area contributed by atoms with Gasteiger partial charge in [0.1, 0.15) is 0 Å². The highest BCUT2D eigenvalue weighted by atomic mass is 32.2. The first-order valence-corrected chi connectivity index (χ1v) is 7.85. The van der Waals surface area contributed by atoms with Crippen molar-refractivity contribution < 1.29 is 9.84 Å². The number of phenolic OH excluding ortho intramolecular Hbond substituents is 1. The second-order valence-electron chi connectivity index (χ2n) is 5.39. The first-order chi connectivity index (χ1) is 9.60. The van der Waals surface area contributed by atoms with Gasteiger partial charge in [0.25, 0.3) is 0 Å². The minimum Gasteiger partial charge on any atom is -0.504 e. The number of methoxy groups -OCH3 is 1. The van der Waals surface area contributed by atoms with Crippen LogP contribution in [0.3, 0.4) is 0 Å². The van der Waals surface area contributed by atoms with E-state index in [1.54, 1.807) is 7.11 Å². The van der Waals surface area contributed by atoms with Gasteiger partial charge in [0.2, 0.25) is 0 Å². The van der Waals surface area contributed by atoms with Crippen LogP contribution >= 0.6 is 11.8 Å². The minimum absolute atomic E-state index is 0.230. The average Bonchev–Trinajstić information content (AvgIpc) is 2.85. The lowest BCUT2D eigenvalue weighted by molar-refractivity contribution is 0.319. The maximum Gasteiger partial charge on any atom is 0.160 e. The highest BCUT2D eigenvalue weighted by Crippen LogP contribution is 2.39. The third-order valence-electron chi connectivity index (χ3n) is 4.02. The van der Waals surface area contributed by atoms with Gasteiger partial charge < -0.3 is 14.7 Å². The van der Waals surface area contributed by atoms with Gasteiger partial charge in [0.15, 0.2) is 16.7 Å². The summed E-state index contributed by atoms with van der Waals surface area (Å²) in [7, 11) is 1.59. The van der Waals surface area contributed by atoms with Gasteiger partial charge in [-0.05, 0) is 36.6 Å². The quantitative estimate of drug-likeness (QED) is 0.864. The molecule has 2 aliphatic rings. The number of rotatable bonds is 1. The largest absolute Gasteiger partial charge is 0.504 e. The van der Waals surface area contributed by atoms with Crippen LogP contribution in [-0.4, -0.2) is 40.6 Å². The molecule has 0 amide bonds. The molecule has 2 unspecified atom stereocenters. The number of fused-ring (bicyclic) bond motifs is 1. The summed E-state index contributed by atoms with van der Waals surface area (Å²) in [5.74, 6) is 0.778. The molecule has 3 rings (SSSR count). The van der Waals surface area contributed by atoms with Crippen LogP contribution in [0.15, 0.2) is 17.1 Å². The molecule has 0 saturated carbocycles. The molecule has 0 radical (unpaired) electrons. The monoisotopic (exact) mass is 292 g/mol. The van der Waals surface area contributed by atoms with E-state index in [9.17, 15) is 5.11 Å². The zero-order valence-electron chi connectivity index (χ0n) is 12.1. The Kier molecular flexibility index (Phi) is 3.54. The van der Waals surface area contributed by atoms with Gasteiger partial charge in [-0.1, -0.05) is 18.7 Å². The van der Waals surface area contributed by atoms with Crippen molar-refractivity contribution in [1.82, 2.24) is 4.90 Å². The van der Waals surface area contributed by atoms with E-state index in [0.29, 0.717) is 11.0 Å². The second kappa shape index (κ2) is 5.20. The fourth-order valence-electron chi connectivity index (χ4n) is 2.88. The molecular weight excluding hydrogens is 272 g/mol. The number of ether oxygens (including phenoxy) is 1. The predicted molar refractivity (Wildman–Crippen MR) is 82.8 cm³/mol. The summed E-state index contributed by atoms with van der Waals surface area (Å²) < 4.78 is 5.23. The van der Waals surface area contributed by atoms with Crippen LogP contribution in [0.2, 0.25) is 0 Å². The van der Waals surface area contributed by atoms with Crippen molar-refractivity contribution in [3.63, 3.8) is 0 Å². The Morgan fingerprint density at radius 1 is 1.40 bits per heavy atom. The number of hydrogen-bond acceptors (Lipinski definition) is 5. The van der Waals surface area contributed by atoms with Gasteiger partial charge in [-0.3, -0.25) is 4.99 Å². The van der Waals surface area contributed by atoms with Gasteiger partial charge >= 0.3 is 0 Å². The molecule has 4 nitrogen and oxygen atoms in total. The Labute approximate surface area is 123 Å². The molecule has 0 bridgehead atoms. The van der Waals surface area contributed by atoms with Crippen LogP contribution in [0.25, 0.3) is 0 Å². The van der Waals surface area contributed by atoms with E-state index in [1.807, 2.05) is 23.9 Å². The van der Waals surface area contributed by atoms with Gasteiger partial charge in [-0.2, -0.15) is 0 Å². The highest BCUT2D eigenvalue weighted by Gasteiger charge is 2.30. The topological polar surface area (TPSA) is 45.1 Å². The lowest BCUT2D eigenvalue weighted by Gasteiger charge is -2.36. The number of hydrogen-bond donors (Lipinski definition) is 1. The number of phenols is 1. The SMILES string of the molecule is COc1cc2c(cc1O)CCN(C1=NCC(C)S1)C2C. The second-order valence-corrected chi connectivity index (χ2v) is 6.80. The third-order valence-corrected chi connectivity index (χ3v) is 5.14. The maximum absolute atomic E-state index is 9.90. The first-order valence-electron chi connectivity index (χ1n) is 6.97. The standard InChI is InChI=1S/C15H20N2O2S/c1-9-8-16-15(20-9)17-5-4-11-6-13(18)14(19-3)7-12(11)10(17)2/h6-7,9-10,18H,4-5,8H2,1-3H3. The van der Waals surface area contributed by atoms with Gasteiger partial charge in [-0.25, -0.2) is 0 Å². The Balaban J connectivity index is 1.92. The molecule has 1 aromatic rings. The molecule has 2 atom stereocenters. The van der Waals surface area contributed by atoms with Crippen molar-refractivity contribution in [3.8, 4) is 11.5 Å². The number of thioether (sulfide) groups is 1. The van der Waals surface area contributed by atoms with Crippen LogP contribution in [0.1, 0.15) is 31.0 Å². The number of aliphatic imine (C=N–C) groups is 1. The van der Waals surface area contributed by atoms with Gasteiger partial charge in [0, 0.05) is 11.8 Å². The average molecular weight is 292 g/mol. The highest BCUT2D eigenvalue weighted by molar-refractivity contribution is 8.14. The van der Waals surface area contributed by atoms with Crippen molar-refractivity contribution in [2.45, 2.75) is 31.6 Å². The normalized spacial score (nSPS) is 25.4. The van der Waals surface area contributed by atoms with E-state index < -0.39 is 0 Å². The van der Waals surface area contributed by atoms with Crippen LogP contribution in [0, 0.1) is 0 Å². The Morgan fingerprint density at radius 2 is 2.20 bits per heavy atom. The first kappa shape index (κ1) is 13.6. The van der Waals surface area contributed by atoms with Crippen molar-refractivity contribution in [2.24, 2.45) is 4.99 Å². The van der Waals surface area contributed by atoms with Crippen LogP contribution in [-0.2, 0) is 6.42 Å². The zero-order chi connectivity index (χ0) is 14.3. The summed E-state index contributed by atoms with van der Waals surface area (Å²) in [6.07, 6.45) is 0.936. The summed E-state index contributed by atoms with van der Waals surface area (Å²) in [5.41, 5.74) is 2.44. The van der Waals surface area contributed by atoms with E-state index in [-0.39, 0.29) is 11.8 Å². The molecule has 0 fully saturated rings. The predicted octanol–water partition coefficient (Wildman–Crippen LogP) is 2.81. The summed E-state index contributed by atoms with van der Waals surface area (Å²) in [6, 6.07) is 4.07. The molecule has 5 heteroatoms. The Bertz CT molecular complexity index is 559. The summed E-state index contributed by atoms with van der Waals surface area (Å²) in [5, 5.41) is 11.6. The fraction of sp³-hybridized carbons (Fsp3) is 0.533. The van der Waals surface area contributed by atoms with E-state index in [2.05, 4.69) is 23.7 Å². The van der Waals surface area contributed by atoms with Crippen molar-refractivity contribution >= 4 is 16.9 Å². The van der Waals surface area contributed by atoms with Crippen LogP contribution in [0.5, 0.6) is 11.5 Å². The maximum atomic E-state index is 9.90. The van der Waals surface area contributed by atoms with Crippen LogP contribution in [0.4, 0.5) is 0 Å². The molecule has 2 heterocycles. The molecule has 0 saturated heterocycles. The van der Waals surface area contributed by atoms with Gasteiger partial charge in [-0.15, -0.1) is 0 Å². The number of nitrogens with zero attached hydrogens (tertiary/aromatic N) is 2. The fourth-order valence-corrected chi connectivity index (χ4v) is 3.92. The molecule has 108 valence electrons. The molecule has 0 spiro atoms. The number of amidine groups is 1. The molecule has 0 aliphatic carbocycles. The van der Waals surface area contributed by atoms with Crippen LogP contribution < -0.4 is 4.74 Å². The lowest BCUT2D eigenvalue weighted by Crippen LogP contribution is -2.37. The van der Waals surface area contributed by atoms with Crippen molar-refractivity contribution in [3.05, 3.63) is 23.3 Å². The Morgan fingerprint density at radius 3 is 2.85 bits per heavy atom. The van der Waals surface area contributed by atoms with E-state index in [4.69, 9.17) is 4.74 Å². The minimum atomic E-state index is 0.230. The molecule has 0 aromatic heterocycles. The summed E-state index contributed by atoms with van der Waals surface area (Å²) >= 11 is 1.86. The number of aromatic hydroxyl groups is 1. The number of benzene rings is 1.